The first-order valence-electron chi connectivity index (χ1n) is 6.72. The van der Waals surface area contributed by atoms with E-state index in [0.717, 1.165) is 0 Å². The number of nitriles is 1. The van der Waals surface area contributed by atoms with Gasteiger partial charge in [0.2, 0.25) is 11.9 Å². The number of nitrogens with zero attached hydrogens (tertiary/aromatic N) is 5. The van der Waals surface area contributed by atoms with Crippen LogP contribution in [-0.4, -0.2) is 60.2 Å². The molecule has 2 bridgehead atoms. The predicted molar refractivity (Wildman–Crippen MR) is 74.2 cm³/mol. The minimum absolute atomic E-state index is 0.0366. The van der Waals surface area contributed by atoms with E-state index in [2.05, 4.69) is 9.97 Å². The van der Waals surface area contributed by atoms with Gasteiger partial charge in [0.05, 0.1) is 31.4 Å². The molecular formula is C13H16N6O2. The Morgan fingerprint density at radius 3 is 3.00 bits per heavy atom. The predicted octanol–water partition coefficient (Wildman–Crippen LogP) is -0.776. The molecular weight excluding hydrogens is 272 g/mol. The minimum Gasteiger partial charge on any atom is -0.382 e. The first-order valence-corrected chi connectivity index (χ1v) is 6.72. The summed E-state index contributed by atoms with van der Waals surface area (Å²) in [6, 6.07) is 1.90. The van der Waals surface area contributed by atoms with Crippen LogP contribution >= 0.6 is 0 Å². The molecule has 3 rings (SSSR count). The molecule has 2 N–H and O–H groups in total. The number of nitrogens with two attached hydrogens (primary N) is 1. The van der Waals surface area contributed by atoms with Crippen molar-refractivity contribution < 1.29 is 9.53 Å². The van der Waals surface area contributed by atoms with Crippen molar-refractivity contribution in [1.29, 1.82) is 5.26 Å². The molecule has 2 aliphatic rings. The maximum Gasteiger partial charge on any atom is 0.229 e. The van der Waals surface area contributed by atoms with Gasteiger partial charge in [-0.2, -0.15) is 10.2 Å². The highest BCUT2D eigenvalue weighted by Crippen LogP contribution is 2.23. The number of hydrogen-bond acceptors (Lipinski definition) is 7. The topological polar surface area (TPSA) is 108 Å². The Kier molecular flexibility index (Phi) is 3.35. The van der Waals surface area contributed by atoms with Crippen molar-refractivity contribution in [3.63, 3.8) is 0 Å². The van der Waals surface area contributed by atoms with Crippen LogP contribution in [0.5, 0.6) is 0 Å². The molecule has 110 valence electrons. The molecule has 0 saturated carbocycles. The lowest BCUT2D eigenvalue weighted by Crippen LogP contribution is -2.43. The summed E-state index contributed by atoms with van der Waals surface area (Å²) in [6.45, 7) is 1.98. The largest absolute Gasteiger partial charge is 0.382 e. The molecule has 2 aliphatic heterocycles. The summed E-state index contributed by atoms with van der Waals surface area (Å²) in [6.07, 6.45) is 1.42. The monoisotopic (exact) mass is 288 g/mol. The lowest BCUT2D eigenvalue weighted by molar-refractivity contribution is -0.133. The molecule has 21 heavy (non-hydrogen) atoms. The van der Waals surface area contributed by atoms with E-state index in [1.807, 2.05) is 11.0 Å². The number of nitrogen functional groups attached to an aromatic ring is 1. The number of rotatable bonds is 1. The molecule has 2 atom stereocenters. The van der Waals surface area contributed by atoms with Gasteiger partial charge in [0.25, 0.3) is 0 Å². The highest BCUT2D eigenvalue weighted by Gasteiger charge is 2.38. The maximum atomic E-state index is 12.3. The molecule has 0 unspecified atom stereocenters. The van der Waals surface area contributed by atoms with Gasteiger partial charge in [-0.3, -0.25) is 4.79 Å². The van der Waals surface area contributed by atoms with Crippen LogP contribution in [0.2, 0.25) is 0 Å². The number of amides is 1. The molecule has 8 nitrogen and oxygen atoms in total. The van der Waals surface area contributed by atoms with E-state index in [0.29, 0.717) is 32.3 Å². The minimum atomic E-state index is -0.233. The summed E-state index contributed by atoms with van der Waals surface area (Å²) in [5, 5.41) is 8.87. The van der Waals surface area contributed by atoms with Crippen LogP contribution in [0, 0.1) is 17.2 Å². The van der Waals surface area contributed by atoms with E-state index in [9.17, 15) is 4.79 Å². The fourth-order valence-corrected chi connectivity index (χ4v) is 2.69. The Morgan fingerprint density at radius 1 is 1.48 bits per heavy atom. The normalized spacial score (nSPS) is 25.4. The van der Waals surface area contributed by atoms with Crippen LogP contribution in [-0.2, 0) is 9.53 Å². The molecule has 1 amide bonds. The van der Waals surface area contributed by atoms with Crippen LogP contribution in [0.3, 0.4) is 0 Å². The molecule has 0 aliphatic carbocycles. The Labute approximate surface area is 122 Å². The van der Waals surface area contributed by atoms with Crippen LogP contribution in [0.25, 0.3) is 0 Å². The van der Waals surface area contributed by atoms with E-state index >= 15 is 0 Å². The standard InChI is InChI=1S/C13H16N6O2/c1-18-10-5-19(4-9(12(18)20)6-21-7-10)13-16-3-8(2-14)11(15)17-13/h3,9-10H,4-7H2,1H3,(H2,15,16,17)/t9-,10+/m1/s1. The fraction of sp³-hybridized carbons (Fsp3) is 0.538. The van der Waals surface area contributed by atoms with Crippen molar-refractivity contribution in [3.05, 3.63) is 11.8 Å². The van der Waals surface area contributed by atoms with Gasteiger partial charge in [0, 0.05) is 20.1 Å². The van der Waals surface area contributed by atoms with Gasteiger partial charge in [-0.15, -0.1) is 0 Å². The average Bonchev–Trinajstić information content (AvgIpc) is 2.65. The van der Waals surface area contributed by atoms with E-state index in [1.165, 1.54) is 6.20 Å². The van der Waals surface area contributed by atoms with Gasteiger partial charge in [0.15, 0.2) is 0 Å². The number of fused-ring (bicyclic) bond motifs is 3. The van der Waals surface area contributed by atoms with Crippen LogP contribution < -0.4 is 10.6 Å². The molecule has 0 spiro atoms. The number of anilines is 2. The number of likely N-dealkylation sites (N-methyl/N-ethyl adjacent to an activating group) is 1. The van der Waals surface area contributed by atoms with Crippen LogP contribution in [0.15, 0.2) is 6.20 Å². The Hall–Kier alpha value is -2.40. The smallest absolute Gasteiger partial charge is 0.229 e. The highest BCUT2D eigenvalue weighted by molar-refractivity contribution is 5.80. The molecule has 3 heterocycles. The quantitative estimate of drug-likeness (QED) is 0.722. The Bertz CT molecular complexity index is 613. The van der Waals surface area contributed by atoms with Crippen molar-refractivity contribution >= 4 is 17.7 Å². The van der Waals surface area contributed by atoms with Gasteiger partial charge in [0.1, 0.15) is 17.5 Å². The number of aromatic nitrogens is 2. The molecule has 2 saturated heterocycles. The lowest BCUT2D eigenvalue weighted by atomic mass is 10.1. The number of carbonyl (C=O) groups is 1. The van der Waals surface area contributed by atoms with Crippen molar-refractivity contribution in [2.75, 3.05) is 44.0 Å². The second-order valence-corrected chi connectivity index (χ2v) is 5.32. The van der Waals surface area contributed by atoms with E-state index in [1.54, 1.807) is 11.9 Å². The van der Waals surface area contributed by atoms with Gasteiger partial charge in [-0.1, -0.05) is 0 Å². The summed E-state index contributed by atoms with van der Waals surface area (Å²) >= 11 is 0. The van der Waals surface area contributed by atoms with Crippen LogP contribution in [0.4, 0.5) is 11.8 Å². The molecule has 0 aromatic carbocycles. The summed E-state index contributed by atoms with van der Waals surface area (Å²) in [4.78, 5) is 24.3. The summed E-state index contributed by atoms with van der Waals surface area (Å²) in [5.74, 6) is 0.462. The third-order valence-corrected chi connectivity index (χ3v) is 3.95. The Morgan fingerprint density at radius 2 is 2.29 bits per heavy atom. The average molecular weight is 288 g/mol. The fourth-order valence-electron chi connectivity index (χ4n) is 2.69. The molecule has 1 aromatic rings. The summed E-state index contributed by atoms with van der Waals surface area (Å²) in [5.41, 5.74) is 6.00. The zero-order valence-corrected chi connectivity index (χ0v) is 11.7. The molecule has 1 aromatic heterocycles. The number of hydrogen-bond donors (Lipinski definition) is 1. The second-order valence-electron chi connectivity index (χ2n) is 5.32. The second kappa shape index (κ2) is 5.18. The first-order chi connectivity index (χ1) is 10.1. The Balaban J connectivity index is 1.92. The van der Waals surface area contributed by atoms with E-state index in [-0.39, 0.29) is 29.2 Å². The SMILES string of the molecule is CN1C(=O)[C@H]2COC[C@@H]1CN(c1ncc(C#N)c(N)n1)C2. The lowest BCUT2D eigenvalue weighted by Gasteiger charge is -2.29. The van der Waals surface area contributed by atoms with Crippen molar-refractivity contribution in [3.8, 4) is 6.07 Å². The maximum absolute atomic E-state index is 12.3. The van der Waals surface area contributed by atoms with Crippen molar-refractivity contribution in [2.45, 2.75) is 6.04 Å². The van der Waals surface area contributed by atoms with Crippen molar-refractivity contribution in [2.24, 2.45) is 5.92 Å². The number of carbonyl (C=O) groups excluding carboxylic acids is 1. The summed E-state index contributed by atoms with van der Waals surface area (Å²) in [7, 11) is 1.80. The van der Waals surface area contributed by atoms with E-state index < -0.39 is 0 Å². The third-order valence-electron chi connectivity index (χ3n) is 3.95. The third kappa shape index (κ3) is 2.36. The zero-order valence-electron chi connectivity index (χ0n) is 11.7. The highest BCUT2D eigenvalue weighted by atomic mass is 16.5. The molecule has 2 fully saturated rings. The summed E-state index contributed by atoms with van der Waals surface area (Å²) < 4.78 is 5.55. The zero-order chi connectivity index (χ0) is 15.0. The molecule has 0 radical (unpaired) electrons. The number of ether oxygens (including phenoxy) is 1. The first kappa shape index (κ1) is 13.6. The van der Waals surface area contributed by atoms with E-state index in [4.69, 9.17) is 15.7 Å². The molecule has 8 heteroatoms. The van der Waals surface area contributed by atoms with Crippen molar-refractivity contribution in [1.82, 2.24) is 14.9 Å². The van der Waals surface area contributed by atoms with Crippen LogP contribution in [0.1, 0.15) is 5.56 Å². The van der Waals surface area contributed by atoms with Gasteiger partial charge >= 0.3 is 0 Å². The van der Waals surface area contributed by atoms with Gasteiger partial charge in [-0.25, -0.2) is 4.98 Å². The van der Waals surface area contributed by atoms with Gasteiger partial charge < -0.3 is 20.3 Å². The van der Waals surface area contributed by atoms with Gasteiger partial charge in [-0.05, 0) is 0 Å².